The number of halogens is 2. The van der Waals surface area contributed by atoms with Crippen LogP contribution in [0.5, 0.6) is 0 Å². The van der Waals surface area contributed by atoms with Gasteiger partial charge in [-0.05, 0) is 24.3 Å². The molecule has 0 spiro atoms. The van der Waals surface area contributed by atoms with E-state index in [2.05, 4.69) is 31.9 Å². The Hall–Kier alpha value is -3.71. The highest BCUT2D eigenvalue weighted by molar-refractivity contribution is 9.10. The number of hydrogen-bond donors (Lipinski definition) is 0. The Labute approximate surface area is 191 Å². The first-order valence-electron chi connectivity index (χ1n) is 8.45. The molecule has 0 N–H and O–H groups in total. The predicted octanol–water partition coefficient (Wildman–Crippen LogP) is 4.47. The Kier molecular flexibility index (Phi) is 5.22. The first-order valence-corrected chi connectivity index (χ1v) is 10.0. The third-order valence-corrected chi connectivity index (χ3v) is 5.35. The maximum Gasteiger partial charge on any atom is 0.347 e. The number of carbonyl (C=O) groups excluding carboxylic acids is 1. The van der Waals surface area contributed by atoms with E-state index in [-0.39, 0.29) is 21.9 Å². The van der Waals surface area contributed by atoms with Crippen LogP contribution in [0.3, 0.4) is 0 Å². The SMILES string of the molecule is O=C(c1cc2cc(Br)cc([N+](=O)[O-])c2oc1=O)c1cc2cc(Br)cc([N+](=O)[O-])c2oc1=O. The molecule has 160 valence electrons. The second-order valence-electron chi connectivity index (χ2n) is 6.42. The third kappa shape index (κ3) is 3.61. The molecule has 2 heterocycles. The number of carbonyl (C=O) groups is 1. The van der Waals surface area contributed by atoms with Crippen LogP contribution >= 0.6 is 31.9 Å². The average Bonchev–Trinajstić information content (AvgIpc) is 2.71. The number of benzene rings is 2. The molecule has 0 atom stereocenters. The zero-order valence-corrected chi connectivity index (χ0v) is 18.5. The van der Waals surface area contributed by atoms with E-state index >= 15 is 0 Å². The minimum atomic E-state index is -1.20. The summed E-state index contributed by atoms with van der Waals surface area (Å²) in [5, 5.41) is 22.6. The fourth-order valence-electron chi connectivity index (χ4n) is 3.09. The fraction of sp³-hybridized carbons (Fsp3) is 0. The van der Waals surface area contributed by atoms with Gasteiger partial charge in [0, 0.05) is 31.9 Å². The number of nitro benzene ring substituents is 2. The average molecular weight is 566 g/mol. The minimum Gasteiger partial charge on any atom is -0.415 e. The van der Waals surface area contributed by atoms with E-state index in [1.165, 1.54) is 12.1 Å². The van der Waals surface area contributed by atoms with Crippen molar-refractivity contribution in [3.8, 4) is 0 Å². The van der Waals surface area contributed by atoms with Crippen LogP contribution in [0, 0.1) is 20.2 Å². The van der Waals surface area contributed by atoms with Gasteiger partial charge in [0.25, 0.3) is 0 Å². The number of hydrogen-bond acceptors (Lipinski definition) is 9. The summed E-state index contributed by atoms with van der Waals surface area (Å²) >= 11 is 6.21. The van der Waals surface area contributed by atoms with Gasteiger partial charge in [0.15, 0.2) is 0 Å². The van der Waals surface area contributed by atoms with Gasteiger partial charge in [-0.25, -0.2) is 9.59 Å². The molecule has 4 aromatic rings. The lowest BCUT2D eigenvalue weighted by atomic mass is 10.0. The van der Waals surface area contributed by atoms with Crippen LogP contribution < -0.4 is 11.3 Å². The van der Waals surface area contributed by atoms with Gasteiger partial charge in [0.05, 0.1) is 9.85 Å². The molecule has 0 radical (unpaired) electrons. The maximum absolute atomic E-state index is 13.0. The zero-order chi connectivity index (χ0) is 23.3. The highest BCUT2D eigenvalue weighted by atomic mass is 79.9. The van der Waals surface area contributed by atoms with Gasteiger partial charge in [-0.15, -0.1) is 0 Å². The highest BCUT2D eigenvalue weighted by Gasteiger charge is 2.25. The van der Waals surface area contributed by atoms with E-state index in [0.717, 1.165) is 24.3 Å². The van der Waals surface area contributed by atoms with Gasteiger partial charge >= 0.3 is 22.6 Å². The van der Waals surface area contributed by atoms with E-state index in [1.807, 2.05) is 0 Å². The number of non-ortho nitro benzene ring substituents is 2. The van der Waals surface area contributed by atoms with Crippen molar-refractivity contribution < 1.29 is 23.5 Å². The summed E-state index contributed by atoms with van der Waals surface area (Å²) in [4.78, 5) is 58.8. The summed E-state index contributed by atoms with van der Waals surface area (Å²) in [6.45, 7) is 0. The van der Waals surface area contributed by atoms with Gasteiger partial charge in [-0.1, -0.05) is 31.9 Å². The smallest absolute Gasteiger partial charge is 0.347 e. The Morgan fingerprint density at radius 2 is 1.09 bits per heavy atom. The van der Waals surface area contributed by atoms with E-state index in [9.17, 15) is 34.6 Å². The van der Waals surface area contributed by atoms with Crippen LogP contribution in [0.1, 0.15) is 15.9 Å². The number of nitro groups is 2. The van der Waals surface area contributed by atoms with Crippen LogP contribution in [0.4, 0.5) is 11.4 Å². The van der Waals surface area contributed by atoms with Crippen LogP contribution in [0.25, 0.3) is 21.9 Å². The van der Waals surface area contributed by atoms with Gasteiger partial charge in [0.1, 0.15) is 11.1 Å². The molecular weight excluding hydrogens is 560 g/mol. The standard InChI is InChI=1S/C19H6Br2N2O9/c20-9-1-7-3-11(18(25)31-16(7)13(5-9)22(27)28)15(24)12-4-8-2-10(21)6-14(23(29)30)17(8)32-19(12)26/h1-6H. The van der Waals surface area contributed by atoms with E-state index < -0.39 is 49.4 Å². The molecule has 0 aliphatic carbocycles. The van der Waals surface area contributed by atoms with Gasteiger partial charge < -0.3 is 8.83 Å². The van der Waals surface area contributed by atoms with Crippen molar-refractivity contribution in [2.45, 2.75) is 0 Å². The summed E-state index contributed by atoms with van der Waals surface area (Å²) < 4.78 is 10.6. The molecule has 2 aromatic carbocycles. The summed E-state index contributed by atoms with van der Waals surface area (Å²) in [6.07, 6.45) is 0. The van der Waals surface area contributed by atoms with E-state index in [1.54, 1.807) is 0 Å². The lowest BCUT2D eigenvalue weighted by Gasteiger charge is -2.05. The first-order chi connectivity index (χ1) is 15.1. The molecule has 0 amide bonds. The zero-order valence-electron chi connectivity index (χ0n) is 15.3. The molecule has 0 saturated carbocycles. The van der Waals surface area contributed by atoms with Crippen molar-refractivity contribution in [3.05, 3.63) is 97.5 Å². The van der Waals surface area contributed by atoms with E-state index in [0.29, 0.717) is 8.95 Å². The molecule has 0 fully saturated rings. The topological polar surface area (TPSA) is 164 Å². The summed E-state index contributed by atoms with van der Waals surface area (Å²) in [5.41, 5.74) is -5.21. The second-order valence-corrected chi connectivity index (χ2v) is 8.26. The van der Waals surface area contributed by atoms with Crippen LogP contribution in [-0.4, -0.2) is 15.6 Å². The Balaban J connectivity index is 1.95. The lowest BCUT2D eigenvalue weighted by Crippen LogP contribution is -2.21. The fourth-order valence-corrected chi connectivity index (χ4v) is 4.02. The lowest BCUT2D eigenvalue weighted by molar-refractivity contribution is -0.383. The summed E-state index contributed by atoms with van der Waals surface area (Å²) in [5.74, 6) is -1.07. The molecular formula is C19H6Br2N2O9. The van der Waals surface area contributed by atoms with E-state index in [4.69, 9.17) is 8.83 Å². The Bertz CT molecular complexity index is 1500. The van der Waals surface area contributed by atoms with Crippen LogP contribution in [0.2, 0.25) is 0 Å². The Morgan fingerprint density at radius 3 is 1.44 bits per heavy atom. The van der Waals surface area contributed by atoms with Gasteiger partial charge in [-0.3, -0.25) is 25.0 Å². The first kappa shape index (κ1) is 21.5. The minimum absolute atomic E-state index is 0.0672. The van der Waals surface area contributed by atoms with Crippen LogP contribution in [-0.2, 0) is 0 Å². The Morgan fingerprint density at radius 1 is 0.719 bits per heavy atom. The normalized spacial score (nSPS) is 11.1. The quantitative estimate of drug-likeness (QED) is 0.150. The molecule has 11 nitrogen and oxygen atoms in total. The summed E-state index contributed by atoms with van der Waals surface area (Å²) in [7, 11) is 0. The number of ketones is 1. The molecule has 2 aromatic heterocycles. The second kappa shape index (κ2) is 7.76. The van der Waals surface area contributed by atoms with Crippen LogP contribution in [0.15, 0.2) is 63.8 Å². The molecule has 0 unspecified atom stereocenters. The molecule has 0 aliphatic rings. The number of nitrogens with zero attached hydrogens (tertiary/aromatic N) is 2. The molecule has 0 bridgehead atoms. The van der Waals surface area contributed by atoms with Crippen molar-refractivity contribution in [1.29, 1.82) is 0 Å². The highest BCUT2D eigenvalue weighted by Crippen LogP contribution is 2.31. The molecule has 13 heteroatoms. The maximum atomic E-state index is 13.0. The van der Waals surface area contributed by atoms with Crippen molar-refractivity contribution in [2.24, 2.45) is 0 Å². The van der Waals surface area contributed by atoms with Crippen molar-refractivity contribution >= 4 is 71.0 Å². The molecule has 0 saturated heterocycles. The summed E-state index contributed by atoms with van der Waals surface area (Å²) in [6, 6.07) is 7.18. The van der Waals surface area contributed by atoms with Crippen molar-refractivity contribution in [2.75, 3.05) is 0 Å². The van der Waals surface area contributed by atoms with Crippen molar-refractivity contribution in [3.63, 3.8) is 0 Å². The monoisotopic (exact) mass is 564 g/mol. The third-order valence-electron chi connectivity index (χ3n) is 4.44. The molecule has 4 rings (SSSR count). The number of rotatable bonds is 4. The van der Waals surface area contributed by atoms with Gasteiger partial charge in [-0.2, -0.15) is 0 Å². The molecule has 32 heavy (non-hydrogen) atoms. The van der Waals surface area contributed by atoms with Gasteiger partial charge in [0.2, 0.25) is 16.9 Å². The van der Waals surface area contributed by atoms with Crippen molar-refractivity contribution in [1.82, 2.24) is 0 Å². The largest absolute Gasteiger partial charge is 0.415 e. The predicted molar refractivity (Wildman–Crippen MR) is 117 cm³/mol. The molecule has 0 aliphatic heterocycles. The number of fused-ring (bicyclic) bond motifs is 2.